The van der Waals surface area contributed by atoms with Crippen LogP contribution in [0.25, 0.3) is 0 Å². The van der Waals surface area contributed by atoms with Crippen molar-refractivity contribution in [1.29, 1.82) is 0 Å². The lowest BCUT2D eigenvalue weighted by Gasteiger charge is -2.36. The molecule has 11 heteroatoms. The maximum absolute atomic E-state index is 11.2. The number of hydrogen-bond donors (Lipinski definition) is 1. The van der Waals surface area contributed by atoms with Crippen LogP contribution < -0.4 is 10.2 Å². The standard InChI is InChI=1S/C18H25N7O2S.HI/c1-3-16-21-18(28-22-16)24-11-9-23(10-12-24)17(19-4-2)20-13-14-7-5-6-8-15(14)25(26)27;/h5-8H,3-4,9-13H2,1-2H3,(H,19,20);1H. The molecular formula is C18H26IN7O2S. The third kappa shape index (κ3) is 5.98. The van der Waals surface area contributed by atoms with E-state index in [4.69, 9.17) is 0 Å². The molecule has 0 saturated carbocycles. The van der Waals surface area contributed by atoms with Gasteiger partial charge < -0.3 is 15.1 Å². The molecule has 158 valence electrons. The van der Waals surface area contributed by atoms with Gasteiger partial charge in [-0.05, 0) is 6.92 Å². The Labute approximate surface area is 191 Å². The fourth-order valence-corrected chi connectivity index (χ4v) is 3.84. The number of aliphatic imine (C=N–C) groups is 1. The smallest absolute Gasteiger partial charge is 0.274 e. The summed E-state index contributed by atoms with van der Waals surface area (Å²) in [5.74, 6) is 1.67. The fraction of sp³-hybridized carbons (Fsp3) is 0.500. The van der Waals surface area contributed by atoms with Crippen molar-refractivity contribution in [3.63, 3.8) is 0 Å². The molecule has 1 N–H and O–H groups in total. The molecule has 1 aliphatic rings. The molecule has 9 nitrogen and oxygen atoms in total. The third-order valence-electron chi connectivity index (χ3n) is 4.55. The first-order valence-corrected chi connectivity index (χ1v) is 10.2. The molecule has 29 heavy (non-hydrogen) atoms. The lowest BCUT2D eigenvalue weighted by Crippen LogP contribution is -2.52. The zero-order valence-electron chi connectivity index (χ0n) is 16.6. The van der Waals surface area contributed by atoms with Gasteiger partial charge in [0, 0.05) is 56.7 Å². The van der Waals surface area contributed by atoms with E-state index in [-0.39, 0.29) is 41.1 Å². The van der Waals surface area contributed by atoms with Crippen LogP contribution in [-0.2, 0) is 13.0 Å². The summed E-state index contributed by atoms with van der Waals surface area (Å²) in [7, 11) is 0. The maximum Gasteiger partial charge on any atom is 0.274 e. The fourth-order valence-electron chi connectivity index (χ4n) is 3.03. The van der Waals surface area contributed by atoms with Gasteiger partial charge in [-0.25, -0.2) is 9.98 Å². The minimum atomic E-state index is -0.358. The number of piperazine rings is 1. The lowest BCUT2D eigenvalue weighted by molar-refractivity contribution is -0.385. The molecule has 0 bridgehead atoms. The van der Waals surface area contributed by atoms with Crippen molar-refractivity contribution in [2.75, 3.05) is 37.6 Å². The number of nitro groups is 1. The molecule has 0 atom stereocenters. The summed E-state index contributed by atoms with van der Waals surface area (Å²) in [5, 5.41) is 15.5. The second kappa shape index (κ2) is 11.2. The summed E-state index contributed by atoms with van der Waals surface area (Å²) >= 11 is 1.45. The summed E-state index contributed by atoms with van der Waals surface area (Å²) in [6, 6.07) is 6.75. The third-order valence-corrected chi connectivity index (χ3v) is 5.36. The summed E-state index contributed by atoms with van der Waals surface area (Å²) in [4.78, 5) is 24.5. The Kier molecular flexibility index (Phi) is 9.01. The molecule has 1 aliphatic heterocycles. The Morgan fingerprint density at radius 2 is 2.00 bits per heavy atom. The largest absolute Gasteiger partial charge is 0.357 e. The predicted octanol–water partition coefficient (Wildman–Crippen LogP) is 2.91. The van der Waals surface area contributed by atoms with Crippen molar-refractivity contribution >= 4 is 52.3 Å². The van der Waals surface area contributed by atoms with Gasteiger partial charge in [0.15, 0.2) is 5.96 Å². The molecule has 0 radical (unpaired) electrons. The Bertz CT molecular complexity index is 837. The molecule has 1 aromatic carbocycles. The van der Waals surface area contributed by atoms with Gasteiger partial charge in [-0.1, -0.05) is 25.1 Å². The van der Waals surface area contributed by atoms with Crippen LogP contribution >= 0.6 is 35.5 Å². The number of guanidine groups is 1. The summed E-state index contributed by atoms with van der Waals surface area (Å²) in [6.45, 7) is 8.39. The number of anilines is 1. The van der Waals surface area contributed by atoms with Crippen LogP contribution in [0.4, 0.5) is 10.8 Å². The Balaban J connectivity index is 0.00000300. The topological polar surface area (TPSA) is 99.8 Å². The van der Waals surface area contributed by atoms with E-state index >= 15 is 0 Å². The Morgan fingerprint density at radius 3 is 2.62 bits per heavy atom. The van der Waals surface area contributed by atoms with E-state index in [1.165, 1.54) is 17.6 Å². The lowest BCUT2D eigenvalue weighted by atomic mass is 10.2. The van der Waals surface area contributed by atoms with E-state index < -0.39 is 0 Å². The average molecular weight is 531 g/mol. The summed E-state index contributed by atoms with van der Waals surface area (Å²) < 4.78 is 4.36. The van der Waals surface area contributed by atoms with Crippen molar-refractivity contribution in [3.8, 4) is 0 Å². The minimum Gasteiger partial charge on any atom is -0.357 e. The number of para-hydroxylation sites is 1. The van der Waals surface area contributed by atoms with Gasteiger partial charge in [-0.3, -0.25) is 10.1 Å². The molecule has 2 aromatic rings. The van der Waals surface area contributed by atoms with Crippen LogP contribution in [0.15, 0.2) is 29.3 Å². The SMILES string of the molecule is CCNC(=NCc1ccccc1[N+](=O)[O-])N1CCN(c2nc(CC)ns2)CC1.I. The summed E-state index contributed by atoms with van der Waals surface area (Å²) in [6.07, 6.45) is 0.847. The molecule has 3 rings (SSSR count). The maximum atomic E-state index is 11.2. The van der Waals surface area contributed by atoms with Gasteiger partial charge in [0.2, 0.25) is 5.13 Å². The highest BCUT2D eigenvalue weighted by Crippen LogP contribution is 2.20. The van der Waals surface area contributed by atoms with Gasteiger partial charge >= 0.3 is 0 Å². The number of nitrogens with one attached hydrogen (secondary N) is 1. The highest BCUT2D eigenvalue weighted by molar-refractivity contribution is 14.0. The van der Waals surface area contributed by atoms with Gasteiger partial charge in [0.1, 0.15) is 5.82 Å². The van der Waals surface area contributed by atoms with Gasteiger partial charge in [-0.2, -0.15) is 4.37 Å². The number of rotatable bonds is 6. The molecule has 1 fully saturated rings. The molecule has 0 spiro atoms. The summed E-state index contributed by atoms with van der Waals surface area (Å²) in [5.41, 5.74) is 0.720. The van der Waals surface area contributed by atoms with Crippen LogP contribution in [0.2, 0.25) is 0 Å². The zero-order valence-corrected chi connectivity index (χ0v) is 19.7. The molecule has 0 aliphatic carbocycles. The van der Waals surface area contributed by atoms with Crippen LogP contribution in [-0.4, -0.2) is 57.9 Å². The zero-order chi connectivity index (χ0) is 19.9. The van der Waals surface area contributed by atoms with Crippen LogP contribution in [0, 0.1) is 10.1 Å². The van der Waals surface area contributed by atoms with Gasteiger partial charge in [0.05, 0.1) is 17.0 Å². The molecule has 1 aromatic heterocycles. The first-order chi connectivity index (χ1) is 13.6. The first kappa shape index (κ1) is 23.3. The Morgan fingerprint density at radius 1 is 1.28 bits per heavy atom. The van der Waals surface area contributed by atoms with E-state index in [0.29, 0.717) is 5.56 Å². The monoisotopic (exact) mass is 531 g/mol. The van der Waals surface area contributed by atoms with Crippen molar-refractivity contribution in [2.45, 2.75) is 26.8 Å². The predicted molar refractivity (Wildman–Crippen MR) is 126 cm³/mol. The number of aromatic nitrogens is 2. The minimum absolute atomic E-state index is 0. The average Bonchev–Trinajstić information content (AvgIpc) is 3.21. The highest BCUT2D eigenvalue weighted by atomic mass is 127. The molecule has 0 amide bonds. The van der Waals surface area contributed by atoms with Crippen molar-refractivity contribution in [2.24, 2.45) is 4.99 Å². The van der Waals surface area contributed by atoms with Crippen LogP contribution in [0.3, 0.4) is 0 Å². The van der Waals surface area contributed by atoms with E-state index in [1.54, 1.807) is 18.2 Å². The number of nitro benzene ring substituents is 1. The molecule has 2 heterocycles. The van der Waals surface area contributed by atoms with Crippen molar-refractivity contribution in [1.82, 2.24) is 19.6 Å². The van der Waals surface area contributed by atoms with E-state index in [0.717, 1.165) is 56.1 Å². The van der Waals surface area contributed by atoms with Crippen molar-refractivity contribution in [3.05, 3.63) is 45.8 Å². The number of benzene rings is 1. The van der Waals surface area contributed by atoms with E-state index in [2.05, 4.69) is 36.4 Å². The molecular weight excluding hydrogens is 505 g/mol. The first-order valence-electron chi connectivity index (χ1n) is 9.45. The van der Waals surface area contributed by atoms with Crippen molar-refractivity contribution < 1.29 is 4.92 Å². The van der Waals surface area contributed by atoms with Crippen LogP contribution in [0.1, 0.15) is 25.2 Å². The number of aryl methyl sites for hydroxylation is 1. The second-order valence-electron chi connectivity index (χ2n) is 6.38. The Hall–Kier alpha value is -2.02. The van der Waals surface area contributed by atoms with E-state index in [9.17, 15) is 10.1 Å². The second-order valence-corrected chi connectivity index (χ2v) is 7.11. The van der Waals surface area contributed by atoms with Gasteiger partial charge in [0.25, 0.3) is 5.69 Å². The van der Waals surface area contributed by atoms with Gasteiger partial charge in [-0.15, -0.1) is 24.0 Å². The molecule has 0 unspecified atom stereocenters. The van der Waals surface area contributed by atoms with Crippen LogP contribution in [0.5, 0.6) is 0 Å². The number of halogens is 1. The highest BCUT2D eigenvalue weighted by Gasteiger charge is 2.22. The quantitative estimate of drug-likeness (QED) is 0.201. The molecule has 1 saturated heterocycles. The number of hydrogen-bond acceptors (Lipinski definition) is 7. The van der Waals surface area contributed by atoms with E-state index in [1.807, 2.05) is 6.92 Å². The number of nitrogens with zero attached hydrogens (tertiary/aromatic N) is 6. The normalized spacial score (nSPS) is 14.5.